The minimum Gasteiger partial charge on any atom is -0.353 e. The number of anilines is 1. The minimum atomic E-state index is 0.626. The number of rotatable bonds is 4. The van der Waals surface area contributed by atoms with Crippen LogP contribution < -0.4 is 4.90 Å². The highest BCUT2D eigenvalue weighted by Crippen LogP contribution is 2.29. The first-order valence-electron chi connectivity index (χ1n) is 6.92. The molecule has 1 aromatic heterocycles. The molecule has 1 aromatic rings. The van der Waals surface area contributed by atoms with Crippen molar-refractivity contribution in [2.75, 3.05) is 11.4 Å². The van der Waals surface area contributed by atoms with Crippen LogP contribution in [0.15, 0.2) is 10.7 Å². The predicted molar refractivity (Wildman–Crippen MR) is 78.9 cm³/mol. The Kier molecular flexibility index (Phi) is 4.60. The van der Waals surface area contributed by atoms with E-state index >= 15 is 0 Å². The van der Waals surface area contributed by atoms with Crippen molar-refractivity contribution in [3.05, 3.63) is 16.5 Å². The summed E-state index contributed by atoms with van der Waals surface area (Å²) in [5.74, 6) is 2.73. The number of aryl methyl sites for hydroxylation is 1. The van der Waals surface area contributed by atoms with E-state index in [1.807, 2.05) is 0 Å². The summed E-state index contributed by atoms with van der Waals surface area (Å²) in [6.45, 7) is 7.88. The van der Waals surface area contributed by atoms with E-state index in [1.54, 1.807) is 0 Å². The molecule has 0 aliphatic carbocycles. The summed E-state index contributed by atoms with van der Waals surface area (Å²) < 4.78 is 0.908. The van der Waals surface area contributed by atoms with Gasteiger partial charge in [-0.1, -0.05) is 20.8 Å². The molecule has 0 N–H and O–H groups in total. The van der Waals surface area contributed by atoms with Gasteiger partial charge in [0.2, 0.25) is 0 Å². The van der Waals surface area contributed by atoms with Crippen molar-refractivity contribution in [2.45, 2.75) is 52.5 Å². The average Bonchev–Trinajstić information content (AvgIpc) is 2.77. The van der Waals surface area contributed by atoms with Crippen LogP contribution in [0.5, 0.6) is 0 Å². The highest BCUT2D eigenvalue weighted by Gasteiger charge is 2.28. The zero-order valence-corrected chi connectivity index (χ0v) is 13.1. The zero-order valence-electron chi connectivity index (χ0n) is 11.5. The van der Waals surface area contributed by atoms with E-state index in [4.69, 9.17) is 4.98 Å². The standard InChI is InChI=1S/C14H22BrN3/c1-4-6-13-16-12(15)9-14(17-13)18-8-5-7-11(18)10(2)3/h9-11H,4-8H2,1-3H3. The van der Waals surface area contributed by atoms with Gasteiger partial charge in [-0.15, -0.1) is 0 Å². The van der Waals surface area contributed by atoms with Crippen LogP contribution in [0.1, 0.15) is 45.9 Å². The average molecular weight is 312 g/mol. The highest BCUT2D eigenvalue weighted by molar-refractivity contribution is 9.10. The minimum absolute atomic E-state index is 0.626. The van der Waals surface area contributed by atoms with Crippen LogP contribution in [-0.4, -0.2) is 22.6 Å². The fraction of sp³-hybridized carbons (Fsp3) is 0.714. The summed E-state index contributed by atoms with van der Waals surface area (Å²) in [7, 11) is 0. The second-order valence-electron chi connectivity index (χ2n) is 5.36. The van der Waals surface area contributed by atoms with Crippen molar-refractivity contribution >= 4 is 21.7 Å². The molecule has 1 unspecified atom stereocenters. The van der Waals surface area contributed by atoms with Gasteiger partial charge in [0.1, 0.15) is 16.2 Å². The van der Waals surface area contributed by atoms with Crippen molar-refractivity contribution in [1.82, 2.24) is 9.97 Å². The molecule has 1 saturated heterocycles. The Hall–Kier alpha value is -0.640. The number of aromatic nitrogens is 2. The van der Waals surface area contributed by atoms with Gasteiger partial charge in [-0.3, -0.25) is 0 Å². The third-order valence-electron chi connectivity index (χ3n) is 3.56. The maximum atomic E-state index is 4.72. The first-order valence-corrected chi connectivity index (χ1v) is 7.71. The molecule has 0 amide bonds. The number of hydrogen-bond donors (Lipinski definition) is 0. The lowest BCUT2D eigenvalue weighted by molar-refractivity contribution is 0.489. The van der Waals surface area contributed by atoms with E-state index in [9.17, 15) is 0 Å². The van der Waals surface area contributed by atoms with Gasteiger partial charge in [0.15, 0.2) is 0 Å². The van der Waals surface area contributed by atoms with Crippen LogP contribution in [0.3, 0.4) is 0 Å². The van der Waals surface area contributed by atoms with Crippen LogP contribution in [0.4, 0.5) is 5.82 Å². The first-order chi connectivity index (χ1) is 8.61. The quantitative estimate of drug-likeness (QED) is 0.792. The fourth-order valence-electron chi connectivity index (χ4n) is 2.70. The number of hydrogen-bond acceptors (Lipinski definition) is 3. The zero-order chi connectivity index (χ0) is 13.1. The molecule has 1 atom stereocenters. The van der Waals surface area contributed by atoms with Crippen molar-refractivity contribution in [3.8, 4) is 0 Å². The van der Waals surface area contributed by atoms with E-state index in [1.165, 1.54) is 12.8 Å². The molecule has 2 heterocycles. The third kappa shape index (κ3) is 3.02. The van der Waals surface area contributed by atoms with E-state index < -0.39 is 0 Å². The summed E-state index contributed by atoms with van der Waals surface area (Å²) in [5.41, 5.74) is 0. The summed E-state index contributed by atoms with van der Waals surface area (Å²) in [6, 6.07) is 2.68. The SMILES string of the molecule is CCCc1nc(Br)cc(N2CCCC2C(C)C)n1. The molecule has 4 heteroatoms. The normalized spacial score (nSPS) is 19.8. The third-order valence-corrected chi connectivity index (χ3v) is 3.97. The van der Waals surface area contributed by atoms with Gasteiger partial charge >= 0.3 is 0 Å². The maximum absolute atomic E-state index is 4.72. The van der Waals surface area contributed by atoms with Crippen molar-refractivity contribution < 1.29 is 0 Å². The summed E-state index contributed by atoms with van der Waals surface area (Å²) in [6.07, 6.45) is 4.59. The van der Waals surface area contributed by atoms with Gasteiger partial charge < -0.3 is 4.90 Å². The highest BCUT2D eigenvalue weighted by atomic mass is 79.9. The van der Waals surface area contributed by atoms with Gasteiger partial charge in [-0.2, -0.15) is 0 Å². The smallest absolute Gasteiger partial charge is 0.133 e. The lowest BCUT2D eigenvalue weighted by Crippen LogP contribution is -2.34. The molecule has 0 aromatic carbocycles. The summed E-state index contributed by atoms with van der Waals surface area (Å²) in [4.78, 5) is 11.6. The Morgan fingerprint density at radius 1 is 1.44 bits per heavy atom. The number of nitrogens with zero attached hydrogens (tertiary/aromatic N) is 3. The maximum Gasteiger partial charge on any atom is 0.133 e. The molecule has 1 aliphatic rings. The molecule has 0 saturated carbocycles. The van der Waals surface area contributed by atoms with Crippen LogP contribution in [-0.2, 0) is 6.42 Å². The Morgan fingerprint density at radius 3 is 2.89 bits per heavy atom. The van der Waals surface area contributed by atoms with Gasteiger partial charge in [0.25, 0.3) is 0 Å². The molecular weight excluding hydrogens is 290 g/mol. The molecule has 18 heavy (non-hydrogen) atoms. The van der Waals surface area contributed by atoms with Crippen LogP contribution >= 0.6 is 15.9 Å². The van der Waals surface area contributed by atoms with Crippen molar-refractivity contribution in [1.29, 1.82) is 0 Å². The Bertz CT molecular complexity index is 406. The second-order valence-corrected chi connectivity index (χ2v) is 6.17. The Labute approximate surface area is 118 Å². The Balaban J connectivity index is 2.26. The molecule has 0 radical (unpaired) electrons. The molecule has 0 spiro atoms. The molecule has 3 nitrogen and oxygen atoms in total. The van der Waals surface area contributed by atoms with Gasteiger partial charge in [-0.25, -0.2) is 9.97 Å². The van der Waals surface area contributed by atoms with Crippen molar-refractivity contribution in [2.24, 2.45) is 5.92 Å². The fourth-order valence-corrected chi connectivity index (χ4v) is 3.11. The molecule has 100 valence electrons. The molecule has 0 bridgehead atoms. The number of halogens is 1. The van der Waals surface area contributed by atoms with Crippen molar-refractivity contribution in [3.63, 3.8) is 0 Å². The van der Waals surface area contributed by atoms with Gasteiger partial charge in [-0.05, 0) is 41.1 Å². The summed E-state index contributed by atoms with van der Waals surface area (Å²) in [5, 5.41) is 0. The summed E-state index contributed by atoms with van der Waals surface area (Å²) >= 11 is 3.51. The van der Waals surface area contributed by atoms with E-state index in [2.05, 4.69) is 52.7 Å². The van der Waals surface area contributed by atoms with Crippen LogP contribution in [0, 0.1) is 5.92 Å². The molecule has 1 fully saturated rings. The second kappa shape index (κ2) is 6.00. The van der Waals surface area contributed by atoms with Crippen LogP contribution in [0.25, 0.3) is 0 Å². The first kappa shape index (κ1) is 13.8. The van der Waals surface area contributed by atoms with Gasteiger partial charge in [0, 0.05) is 25.1 Å². The van der Waals surface area contributed by atoms with E-state index in [-0.39, 0.29) is 0 Å². The molecule has 2 rings (SSSR count). The van der Waals surface area contributed by atoms with E-state index in [0.29, 0.717) is 12.0 Å². The Morgan fingerprint density at radius 2 is 2.22 bits per heavy atom. The predicted octanol–water partition coefficient (Wildman–Crippen LogP) is 3.82. The molecule has 1 aliphatic heterocycles. The molecular formula is C14H22BrN3. The monoisotopic (exact) mass is 311 g/mol. The van der Waals surface area contributed by atoms with Crippen LogP contribution in [0.2, 0.25) is 0 Å². The largest absolute Gasteiger partial charge is 0.353 e. The van der Waals surface area contributed by atoms with E-state index in [0.717, 1.165) is 35.6 Å². The lowest BCUT2D eigenvalue weighted by Gasteiger charge is -2.29. The topological polar surface area (TPSA) is 29.0 Å². The van der Waals surface area contributed by atoms with Gasteiger partial charge in [0.05, 0.1) is 0 Å². The lowest BCUT2D eigenvalue weighted by atomic mass is 10.0.